The minimum absolute atomic E-state index is 0.0813. The first-order valence-corrected chi connectivity index (χ1v) is 13.4. The standard InChI is InChI=1S/C33H34N2O8/c1-40-28-11-7-22(16-30(28)42-3)18-32(38)34-24-9-5-20(14-26(24)36)13-21-6-10-25(27(37)15-21)35-33(39)19-23-8-12-29(41-2)31(17-23)43-4/h5-12,14-17,36-37H,13,18-19H2,1-4H3,(H,34,38)(H,35,39). The fraction of sp³-hybridized carbons (Fsp3) is 0.212. The molecule has 4 aromatic rings. The van der Waals surface area contributed by atoms with Crippen LogP contribution >= 0.6 is 0 Å². The zero-order chi connectivity index (χ0) is 30.9. The van der Waals surface area contributed by atoms with Crippen molar-refractivity contribution in [3.8, 4) is 34.5 Å². The van der Waals surface area contributed by atoms with Crippen LogP contribution < -0.4 is 29.6 Å². The molecule has 4 rings (SSSR count). The zero-order valence-electron chi connectivity index (χ0n) is 24.4. The number of hydrogen-bond acceptors (Lipinski definition) is 8. The van der Waals surface area contributed by atoms with Gasteiger partial charge in [-0.25, -0.2) is 0 Å². The van der Waals surface area contributed by atoms with E-state index in [0.717, 1.165) is 22.3 Å². The van der Waals surface area contributed by atoms with E-state index in [-0.39, 0.29) is 47.5 Å². The number of phenols is 2. The van der Waals surface area contributed by atoms with E-state index in [2.05, 4.69) is 10.6 Å². The Labute approximate surface area is 249 Å². The molecule has 4 N–H and O–H groups in total. The van der Waals surface area contributed by atoms with Crippen LogP contribution in [0.4, 0.5) is 11.4 Å². The molecule has 4 aromatic carbocycles. The number of amides is 2. The van der Waals surface area contributed by atoms with E-state index in [0.29, 0.717) is 29.4 Å². The van der Waals surface area contributed by atoms with Gasteiger partial charge < -0.3 is 39.8 Å². The molecule has 0 atom stereocenters. The number of anilines is 2. The van der Waals surface area contributed by atoms with E-state index in [1.807, 2.05) is 0 Å². The summed E-state index contributed by atoms with van der Waals surface area (Å²) in [6.07, 6.45) is 0.566. The van der Waals surface area contributed by atoms with Crippen molar-refractivity contribution in [3.05, 3.63) is 95.1 Å². The van der Waals surface area contributed by atoms with Crippen molar-refractivity contribution in [3.63, 3.8) is 0 Å². The third-order valence-electron chi connectivity index (χ3n) is 6.71. The van der Waals surface area contributed by atoms with Gasteiger partial charge in [0.1, 0.15) is 11.5 Å². The number of nitrogens with one attached hydrogen (secondary N) is 2. The van der Waals surface area contributed by atoms with Crippen LogP contribution in [0.15, 0.2) is 72.8 Å². The van der Waals surface area contributed by atoms with Gasteiger partial charge in [-0.2, -0.15) is 0 Å². The van der Waals surface area contributed by atoms with E-state index in [1.54, 1.807) is 87.0 Å². The van der Waals surface area contributed by atoms with Crippen LogP contribution in [0.5, 0.6) is 34.5 Å². The highest BCUT2D eigenvalue weighted by Gasteiger charge is 2.13. The van der Waals surface area contributed by atoms with Crippen molar-refractivity contribution >= 4 is 23.2 Å². The van der Waals surface area contributed by atoms with Gasteiger partial charge in [0.25, 0.3) is 0 Å². The van der Waals surface area contributed by atoms with E-state index in [1.165, 1.54) is 14.2 Å². The van der Waals surface area contributed by atoms with Gasteiger partial charge in [0.05, 0.1) is 52.7 Å². The van der Waals surface area contributed by atoms with Crippen LogP contribution in [0, 0.1) is 0 Å². The van der Waals surface area contributed by atoms with Crippen LogP contribution in [-0.2, 0) is 28.9 Å². The number of benzene rings is 4. The molecule has 0 fully saturated rings. The van der Waals surface area contributed by atoms with Gasteiger partial charge in [-0.15, -0.1) is 0 Å². The van der Waals surface area contributed by atoms with Gasteiger partial charge in [-0.3, -0.25) is 9.59 Å². The van der Waals surface area contributed by atoms with Crippen molar-refractivity contribution in [1.82, 2.24) is 0 Å². The number of rotatable bonds is 12. The highest BCUT2D eigenvalue weighted by Crippen LogP contribution is 2.31. The number of carbonyl (C=O) groups excluding carboxylic acids is 2. The van der Waals surface area contributed by atoms with Gasteiger partial charge in [-0.05, 0) is 77.2 Å². The third kappa shape index (κ3) is 7.88. The minimum atomic E-state index is -0.302. The summed E-state index contributed by atoms with van der Waals surface area (Å²) >= 11 is 0. The van der Waals surface area contributed by atoms with Crippen molar-refractivity contribution < 1.29 is 38.7 Å². The maximum Gasteiger partial charge on any atom is 0.228 e. The van der Waals surface area contributed by atoms with Crippen molar-refractivity contribution in [2.24, 2.45) is 0 Å². The van der Waals surface area contributed by atoms with Gasteiger partial charge >= 0.3 is 0 Å². The second-order valence-corrected chi connectivity index (χ2v) is 9.71. The number of carbonyl (C=O) groups is 2. The molecule has 0 saturated carbocycles. The Morgan fingerprint density at radius 1 is 0.535 bits per heavy atom. The highest BCUT2D eigenvalue weighted by molar-refractivity contribution is 5.94. The van der Waals surface area contributed by atoms with Crippen LogP contribution in [0.1, 0.15) is 22.3 Å². The van der Waals surface area contributed by atoms with Crippen molar-refractivity contribution in [2.75, 3.05) is 39.1 Å². The lowest BCUT2D eigenvalue weighted by Crippen LogP contribution is -2.14. The molecule has 0 radical (unpaired) electrons. The van der Waals surface area contributed by atoms with Gasteiger partial charge in [-0.1, -0.05) is 24.3 Å². The minimum Gasteiger partial charge on any atom is -0.506 e. The lowest BCUT2D eigenvalue weighted by atomic mass is 10.0. The molecule has 0 bridgehead atoms. The predicted molar refractivity (Wildman–Crippen MR) is 163 cm³/mol. The maximum atomic E-state index is 12.6. The Hall–Kier alpha value is -5.38. The summed E-state index contributed by atoms with van der Waals surface area (Å²) in [6, 6.07) is 20.4. The number of hydrogen-bond donors (Lipinski definition) is 4. The second kappa shape index (κ2) is 14.0. The summed E-state index contributed by atoms with van der Waals surface area (Å²) in [5.74, 6) is 1.42. The van der Waals surface area contributed by atoms with Crippen LogP contribution in [0.25, 0.3) is 0 Å². The summed E-state index contributed by atoms with van der Waals surface area (Å²) in [5.41, 5.74) is 3.55. The molecule has 0 unspecified atom stereocenters. The van der Waals surface area contributed by atoms with Gasteiger partial charge in [0.15, 0.2) is 23.0 Å². The fourth-order valence-corrected chi connectivity index (χ4v) is 4.56. The number of methoxy groups -OCH3 is 4. The summed E-state index contributed by atoms with van der Waals surface area (Å²) in [7, 11) is 6.13. The van der Waals surface area contributed by atoms with Crippen molar-refractivity contribution in [1.29, 1.82) is 0 Å². The lowest BCUT2D eigenvalue weighted by molar-refractivity contribution is -0.116. The average molecular weight is 587 g/mol. The molecule has 10 heteroatoms. The molecule has 2 amide bonds. The first-order valence-electron chi connectivity index (χ1n) is 13.4. The van der Waals surface area contributed by atoms with Gasteiger partial charge in [0, 0.05) is 0 Å². The normalized spacial score (nSPS) is 10.5. The third-order valence-corrected chi connectivity index (χ3v) is 6.71. The summed E-state index contributed by atoms with van der Waals surface area (Å²) in [4.78, 5) is 25.2. The van der Waals surface area contributed by atoms with Crippen molar-refractivity contribution in [2.45, 2.75) is 19.3 Å². The predicted octanol–water partition coefficient (Wildman–Crippen LogP) is 5.09. The molecule has 0 aliphatic heterocycles. The highest BCUT2D eigenvalue weighted by atomic mass is 16.5. The Balaban J connectivity index is 1.34. The lowest BCUT2D eigenvalue weighted by Gasteiger charge is -2.12. The quantitative estimate of drug-likeness (QED) is 0.169. The number of ether oxygens (including phenoxy) is 4. The van der Waals surface area contributed by atoms with E-state index in [9.17, 15) is 19.8 Å². The molecule has 0 aliphatic carbocycles. The molecule has 0 spiro atoms. The van der Waals surface area contributed by atoms with Crippen LogP contribution in [0.2, 0.25) is 0 Å². The SMILES string of the molecule is COc1ccc(CC(=O)Nc2ccc(Cc3ccc(NC(=O)Cc4ccc(OC)c(OC)c4)c(O)c3)cc2O)cc1OC. The van der Waals surface area contributed by atoms with E-state index < -0.39 is 0 Å². The molecule has 224 valence electrons. The van der Waals surface area contributed by atoms with Crippen LogP contribution in [0.3, 0.4) is 0 Å². The number of aromatic hydroxyl groups is 2. The molecule has 10 nitrogen and oxygen atoms in total. The Bertz CT molecular complexity index is 1500. The Kier molecular flexibility index (Phi) is 9.95. The Morgan fingerprint density at radius 3 is 1.26 bits per heavy atom. The summed E-state index contributed by atoms with van der Waals surface area (Å²) < 4.78 is 21.0. The first-order chi connectivity index (χ1) is 20.7. The van der Waals surface area contributed by atoms with Crippen LogP contribution in [-0.4, -0.2) is 50.5 Å². The molecule has 43 heavy (non-hydrogen) atoms. The fourth-order valence-electron chi connectivity index (χ4n) is 4.56. The van der Waals surface area contributed by atoms with Gasteiger partial charge in [0.2, 0.25) is 11.8 Å². The number of phenolic OH excluding ortho intramolecular Hbond substituents is 2. The molecular weight excluding hydrogens is 552 g/mol. The largest absolute Gasteiger partial charge is 0.506 e. The Morgan fingerprint density at radius 2 is 0.907 bits per heavy atom. The average Bonchev–Trinajstić information content (AvgIpc) is 2.99. The molecule has 0 aliphatic rings. The topological polar surface area (TPSA) is 136 Å². The molecule has 0 saturated heterocycles. The second-order valence-electron chi connectivity index (χ2n) is 9.71. The zero-order valence-corrected chi connectivity index (χ0v) is 24.4. The molecule has 0 heterocycles. The molecule has 0 aromatic heterocycles. The summed E-state index contributed by atoms with van der Waals surface area (Å²) in [6.45, 7) is 0. The monoisotopic (exact) mass is 586 g/mol. The smallest absolute Gasteiger partial charge is 0.228 e. The molecular formula is C33H34N2O8. The van der Waals surface area contributed by atoms with E-state index >= 15 is 0 Å². The first kappa shape index (κ1) is 30.6. The maximum absolute atomic E-state index is 12.6. The van der Waals surface area contributed by atoms with E-state index in [4.69, 9.17) is 18.9 Å². The summed E-state index contributed by atoms with van der Waals surface area (Å²) in [5, 5.41) is 26.6.